The van der Waals surface area contributed by atoms with Gasteiger partial charge in [-0.3, -0.25) is 9.69 Å². The Bertz CT molecular complexity index is 363. The first-order valence-electron chi connectivity index (χ1n) is 7.89. The second-order valence-electron chi connectivity index (χ2n) is 8.13. The average Bonchev–Trinajstić information content (AvgIpc) is 2.35. The van der Waals surface area contributed by atoms with Crippen molar-refractivity contribution in [3.63, 3.8) is 0 Å². The van der Waals surface area contributed by atoms with Gasteiger partial charge in [0.25, 0.3) is 0 Å². The van der Waals surface area contributed by atoms with Crippen LogP contribution in [-0.2, 0) is 4.79 Å². The predicted molar refractivity (Wildman–Crippen MR) is 88.2 cm³/mol. The molecule has 1 saturated heterocycles. The Balaban J connectivity index is 2.59. The van der Waals surface area contributed by atoms with E-state index < -0.39 is 11.0 Å². The lowest BCUT2D eigenvalue weighted by atomic mass is 9.74. The molecule has 0 aromatic rings. The number of nitrogens with two attached hydrogens (primary N) is 1. The molecule has 0 aliphatic carbocycles. The molecule has 0 atom stereocenters. The minimum absolute atomic E-state index is 0.0252. The molecule has 0 aromatic carbocycles. The van der Waals surface area contributed by atoms with Gasteiger partial charge in [0.15, 0.2) is 0 Å². The molecule has 0 radical (unpaired) electrons. The van der Waals surface area contributed by atoms with E-state index in [2.05, 4.69) is 36.0 Å². The van der Waals surface area contributed by atoms with Crippen LogP contribution in [-0.4, -0.2) is 66.6 Å². The first kappa shape index (κ1) is 18.4. The molecular weight excluding hydrogens is 264 g/mol. The Kier molecular flexibility index (Phi) is 5.45. The zero-order chi connectivity index (χ0) is 16.5. The van der Waals surface area contributed by atoms with E-state index in [1.165, 1.54) is 0 Å². The molecule has 0 spiro atoms. The first-order chi connectivity index (χ1) is 9.38. The molecule has 5 nitrogen and oxygen atoms in total. The molecule has 0 aromatic heterocycles. The molecule has 0 bridgehead atoms. The number of rotatable bonds is 5. The largest absolute Gasteiger partial charge is 0.354 e. The van der Waals surface area contributed by atoms with Gasteiger partial charge in [-0.1, -0.05) is 0 Å². The average molecular weight is 298 g/mol. The molecule has 1 fully saturated rings. The molecule has 1 heterocycles. The fraction of sp³-hybridized carbons (Fsp3) is 0.938. The molecule has 1 aliphatic heterocycles. The zero-order valence-corrected chi connectivity index (χ0v) is 14.9. The van der Waals surface area contributed by atoms with Gasteiger partial charge in [0.2, 0.25) is 5.91 Å². The van der Waals surface area contributed by atoms with Crippen molar-refractivity contribution in [3.8, 4) is 0 Å². The molecule has 21 heavy (non-hydrogen) atoms. The lowest BCUT2D eigenvalue weighted by Crippen LogP contribution is -2.61. The van der Waals surface area contributed by atoms with E-state index in [1.54, 1.807) is 0 Å². The Labute approximate surface area is 130 Å². The minimum atomic E-state index is -0.592. The quantitative estimate of drug-likeness (QED) is 0.791. The molecule has 1 aliphatic rings. The van der Waals surface area contributed by atoms with Crippen LogP contribution in [0.1, 0.15) is 41.5 Å². The van der Waals surface area contributed by atoms with Crippen LogP contribution in [0.3, 0.4) is 0 Å². The Morgan fingerprint density at radius 2 is 1.52 bits per heavy atom. The molecule has 1 rings (SSSR count). The van der Waals surface area contributed by atoms with Crippen molar-refractivity contribution in [2.45, 2.75) is 52.6 Å². The maximum atomic E-state index is 12.5. The summed E-state index contributed by atoms with van der Waals surface area (Å²) in [4.78, 5) is 17.3. The van der Waals surface area contributed by atoms with Gasteiger partial charge in [0, 0.05) is 43.8 Å². The van der Waals surface area contributed by atoms with Gasteiger partial charge in [-0.05, 0) is 48.6 Å². The van der Waals surface area contributed by atoms with Crippen molar-refractivity contribution in [1.82, 2.24) is 15.1 Å². The number of piperazine rings is 1. The Hall–Kier alpha value is -0.650. The number of hydrogen-bond donors (Lipinski definition) is 2. The fourth-order valence-electron chi connectivity index (χ4n) is 2.33. The third kappa shape index (κ3) is 4.41. The highest BCUT2D eigenvalue weighted by atomic mass is 16.2. The van der Waals surface area contributed by atoms with E-state index >= 15 is 0 Å². The van der Waals surface area contributed by atoms with Crippen LogP contribution in [0.4, 0.5) is 0 Å². The summed E-state index contributed by atoms with van der Waals surface area (Å²) < 4.78 is 0. The van der Waals surface area contributed by atoms with Crippen LogP contribution in [0.5, 0.6) is 0 Å². The molecule has 0 unspecified atom stereocenters. The molecule has 124 valence electrons. The number of nitrogens with one attached hydrogen (secondary N) is 1. The Morgan fingerprint density at radius 1 is 1.05 bits per heavy atom. The van der Waals surface area contributed by atoms with Gasteiger partial charge in [-0.2, -0.15) is 0 Å². The summed E-state index contributed by atoms with van der Waals surface area (Å²) in [6, 6.07) is 0. The van der Waals surface area contributed by atoms with E-state index in [0.717, 1.165) is 26.2 Å². The molecule has 3 N–H and O–H groups in total. The smallest absolute Gasteiger partial charge is 0.227 e. The number of amides is 1. The second-order valence-corrected chi connectivity index (χ2v) is 8.13. The Morgan fingerprint density at radius 3 is 1.95 bits per heavy atom. The van der Waals surface area contributed by atoms with Crippen molar-refractivity contribution in [2.24, 2.45) is 11.1 Å². The van der Waals surface area contributed by atoms with E-state index in [-0.39, 0.29) is 11.4 Å². The van der Waals surface area contributed by atoms with Crippen LogP contribution in [0, 0.1) is 5.41 Å². The number of carbonyl (C=O) groups excluding carboxylic acids is 1. The first-order valence-corrected chi connectivity index (χ1v) is 7.89. The maximum Gasteiger partial charge on any atom is 0.227 e. The second kappa shape index (κ2) is 6.23. The summed E-state index contributed by atoms with van der Waals surface area (Å²) in [5.74, 6) is 0.0252. The van der Waals surface area contributed by atoms with E-state index in [4.69, 9.17) is 5.73 Å². The summed E-state index contributed by atoms with van der Waals surface area (Å²) in [6.45, 7) is 16.9. The summed E-state index contributed by atoms with van der Waals surface area (Å²) >= 11 is 0. The van der Waals surface area contributed by atoms with Crippen molar-refractivity contribution in [2.75, 3.05) is 39.8 Å². The molecular formula is C16H34N4O. The van der Waals surface area contributed by atoms with Gasteiger partial charge in [0.1, 0.15) is 0 Å². The molecule has 1 amide bonds. The molecule has 5 heteroatoms. The van der Waals surface area contributed by atoms with Gasteiger partial charge in [0.05, 0.1) is 5.41 Å². The lowest BCUT2D eigenvalue weighted by Gasteiger charge is -2.44. The normalized spacial score (nSPS) is 19.6. The number of carbonyl (C=O) groups is 1. The van der Waals surface area contributed by atoms with Crippen molar-refractivity contribution in [3.05, 3.63) is 0 Å². The number of likely N-dealkylation sites (N-methyl/N-ethyl adjacent to an activating group) is 1. The third-order valence-electron chi connectivity index (χ3n) is 5.22. The predicted octanol–water partition coefficient (Wildman–Crippen LogP) is 0.892. The standard InChI is InChI=1S/C16H34N4O/c1-14(2,20-10-8-19(7)9-11-20)12-18-13(21)15(3,4)16(5,6)17/h8-12,17H2,1-7H3,(H,18,21). The number of nitrogens with zero attached hydrogens (tertiary/aromatic N) is 2. The summed E-state index contributed by atoms with van der Waals surface area (Å²) in [6.07, 6.45) is 0. The highest BCUT2D eigenvalue weighted by Gasteiger charge is 2.41. The monoisotopic (exact) mass is 298 g/mol. The summed E-state index contributed by atoms with van der Waals surface area (Å²) in [5, 5.41) is 3.10. The molecule has 0 saturated carbocycles. The van der Waals surface area contributed by atoms with Crippen molar-refractivity contribution in [1.29, 1.82) is 0 Å². The zero-order valence-electron chi connectivity index (χ0n) is 14.9. The summed E-state index contributed by atoms with van der Waals surface area (Å²) in [7, 11) is 2.15. The van der Waals surface area contributed by atoms with E-state index in [1.807, 2.05) is 27.7 Å². The van der Waals surface area contributed by atoms with E-state index in [0.29, 0.717) is 6.54 Å². The summed E-state index contributed by atoms with van der Waals surface area (Å²) in [5.41, 5.74) is 4.96. The van der Waals surface area contributed by atoms with Crippen LogP contribution in [0.2, 0.25) is 0 Å². The van der Waals surface area contributed by atoms with Gasteiger partial charge < -0.3 is 16.0 Å². The maximum absolute atomic E-state index is 12.5. The van der Waals surface area contributed by atoms with Crippen LogP contribution >= 0.6 is 0 Å². The van der Waals surface area contributed by atoms with Crippen molar-refractivity contribution < 1.29 is 4.79 Å². The van der Waals surface area contributed by atoms with Crippen LogP contribution in [0.25, 0.3) is 0 Å². The highest BCUT2D eigenvalue weighted by molar-refractivity contribution is 5.83. The minimum Gasteiger partial charge on any atom is -0.354 e. The van der Waals surface area contributed by atoms with Crippen LogP contribution in [0.15, 0.2) is 0 Å². The SMILES string of the molecule is CN1CCN(C(C)(C)CNC(=O)C(C)(C)C(C)(C)N)CC1. The van der Waals surface area contributed by atoms with E-state index in [9.17, 15) is 4.79 Å². The van der Waals surface area contributed by atoms with Gasteiger partial charge in [-0.15, -0.1) is 0 Å². The van der Waals surface area contributed by atoms with Gasteiger partial charge >= 0.3 is 0 Å². The number of hydrogen-bond acceptors (Lipinski definition) is 4. The topological polar surface area (TPSA) is 61.6 Å². The fourth-order valence-corrected chi connectivity index (χ4v) is 2.33. The van der Waals surface area contributed by atoms with Gasteiger partial charge in [-0.25, -0.2) is 0 Å². The van der Waals surface area contributed by atoms with Crippen molar-refractivity contribution >= 4 is 5.91 Å². The lowest BCUT2D eigenvalue weighted by molar-refractivity contribution is -0.132. The van der Waals surface area contributed by atoms with Crippen LogP contribution < -0.4 is 11.1 Å². The third-order valence-corrected chi connectivity index (χ3v) is 5.22. The highest BCUT2D eigenvalue weighted by Crippen LogP contribution is 2.28.